The molecule has 9 heteroatoms. The number of hydrogen-bond donors (Lipinski definition) is 2. The van der Waals surface area contributed by atoms with Gasteiger partial charge in [-0.3, -0.25) is 9.52 Å². The van der Waals surface area contributed by atoms with Crippen molar-refractivity contribution in [1.82, 2.24) is 15.5 Å². The van der Waals surface area contributed by atoms with Crippen molar-refractivity contribution in [2.75, 3.05) is 11.0 Å². The topological polar surface area (TPSA) is 114 Å². The first kappa shape index (κ1) is 18.6. The van der Waals surface area contributed by atoms with Crippen LogP contribution in [0.5, 0.6) is 0 Å². The van der Waals surface area contributed by atoms with Gasteiger partial charge in [-0.2, -0.15) is 4.98 Å². The Morgan fingerprint density at radius 2 is 1.74 bits per heavy atom. The molecule has 0 saturated heterocycles. The zero-order chi connectivity index (χ0) is 19.4. The molecule has 2 N–H and O–H groups in total. The second kappa shape index (κ2) is 7.58. The van der Waals surface area contributed by atoms with Gasteiger partial charge in [-0.05, 0) is 31.2 Å². The Labute approximate surface area is 156 Å². The van der Waals surface area contributed by atoms with Crippen molar-refractivity contribution >= 4 is 21.6 Å². The van der Waals surface area contributed by atoms with Crippen LogP contribution >= 0.6 is 0 Å². The maximum Gasteiger partial charge on any atom is 0.251 e. The standard InChI is InChI=1S/C18H18N4O4S/c1-12-3-5-13(6-4-12)17-20-16(26-21-17)11-19-18(23)14-7-9-15(10-8-14)22-27(2,24)25/h3-10,22H,11H2,1-2H3,(H,19,23). The molecule has 0 bridgehead atoms. The largest absolute Gasteiger partial charge is 0.343 e. The van der Waals surface area contributed by atoms with Gasteiger partial charge in [0.05, 0.1) is 12.8 Å². The number of carbonyl (C=O) groups is 1. The van der Waals surface area contributed by atoms with Crippen molar-refractivity contribution in [1.29, 1.82) is 0 Å². The van der Waals surface area contributed by atoms with E-state index >= 15 is 0 Å². The Balaban J connectivity index is 1.60. The van der Waals surface area contributed by atoms with Crippen LogP contribution in [0.2, 0.25) is 0 Å². The quantitative estimate of drug-likeness (QED) is 0.672. The minimum absolute atomic E-state index is 0.0844. The summed E-state index contributed by atoms with van der Waals surface area (Å²) in [5.74, 6) is 0.403. The molecular formula is C18H18N4O4S. The molecular weight excluding hydrogens is 368 g/mol. The maximum absolute atomic E-state index is 12.2. The third kappa shape index (κ3) is 5.14. The minimum atomic E-state index is -3.36. The molecule has 0 fully saturated rings. The second-order valence-electron chi connectivity index (χ2n) is 6.01. The molecule has 1 amide bonds. The highest BCUT2D eigenvalue weighted by atomic mass is 32.2. The predicted octanol–water partition coefficient (Wildman–Crippen LogP) is 2.35. The van der Waals surface area contributed by atoms with Crippen LogP contribution in [0, 0.1) is 6.92 Å². The Kier molecular flexibility index (Phi) is 5.22. The average molecular weight is 386 g/mol. The number of hydrogen-bond acceptors (Lipinski definition) is 6. The number of rotatable bonds is 6. The highest BCUT2D eigenvalue weighted by Gasteiger charge is 2.11. The van der Waals surface area contributed by atoms with Crippen molar-refractivity contribution in [3.63, 3.8) is 0 Å². The minimum Gasteiger partial charge on any atom is -0.343 e. The Hall–Kier alpha value is -3.20. The fraction of sp³-hybridized carbons (Fsp3) is 0.167. The molecule has 140 valence electrons. The summed E-state index contributed by atoms with van der Waals surface area (Å²) in [5.41, 5.74) is 2.73. The summed E-state index contributed by atoms with van der Waals surface area (Å²) in [6, 6.07) is 13.8. The molecule has 0 aliphatic heterocycles. The molecule has 0 spiro atoms. The van der Waals surface area contributed by atoms with Gasteiger partial charge >= 0.3 is 0 Å². The lowest BCUT2D eigenvalue weighted by Gasteiger charge is -2.05. The van der Waals surface area contributed by atoms with E-state index in [1.54, 1.807) is 0 Å². The van der Waals surface area contributed by atoms with E-state index in [4.69, 9.17) is 4.52 Å². The molecule has 1 aromatic heterocycles. The molecule has 0 atom stereocenters. The van der Waals surface area contributed by atoms with Gasteiger partial charge in [0.2, 0.25) is 21.7 Å². The summed E-state index contributed by atoms with van der Waals surface area (Å²) >= 11 is 0. The lowest BCUT2D eigenvalue weighted by Crippen LogP contribution is -2.23. The van der Waals surface area contributed by atoms with Crippen LogP contribution in [0.15, 0.2) is 53.1 Å². The van der Waals surface area contributed by atoms with E-state index in [2.05, 4.69) is 20.2 Å². The average Bonchev–Trinajstić information content (AvgIpc) is 3.08. The van der Waals surface area contributed by atoms with Crippen molar-refractivity contribution in [2.24, 2.45) is 0 Å². The summed E-state index contributed by atoms with van der Waals surface area (Å²) in [6.45, 7) is 2.08. The van der Waals surface area contributed by atoms with Gasteiger partial charge in [0.25, 0.3) is 5.91 Å². The molecule has 0 aliphatic rings. The van der Waals surface area contributed by atoms with Gasteiger partial charge < -0.3 is 9.84 Å². The number of carbonyl (C=O) groups excluding carboxylic acids is 1. The Morgan fingerprint density at radius 3 is 2.37 bits per heavy atom. The Bertz CT molecular complexity index is 1040. The third-order valence-corrected chi connectivity index (χ3v) is 4.23. The highest BCUT2D eigenvalue weighted by molar-refractivity contribution is 7.92. The van der Waals surface area contributed by atoms with Gasteiger partial charge in [0.1, 0.15) is 0 Å². The summed E-state index contributed by atoms with van der Waals surface area (Å²) < 4.78 is 29.9. The van der Waals surface area contributed by atoms with E-state index in [0.29, 0.717) is 17.1 Å². The number of nitrogens with one attached hydrogen (secondary N) is 2. The van der Waals surface area contributed by atoms with Gasteiger partial charge in [0, 0.05) is 16.8 Å². The molecule has 2 aromatic carbocycles. The zero-order valence-corrected chi connectivity index (χ0v) is 15.6. The molecule has 1 heterocycles. The second-order valence-corrected chi connectivity index (χ2v) is 7.76. The molecule has 0 radical (unpaired) electrons. The van der Waals surface area contributed by atoms with Crippen LogP contribution in [0.25, 0.3) is 11.4 Å². The zero-order valence-electron chi connectivity index (χ0n) is 14.8. The van der Waals surface area contributed by atoms with Crippen LogP contribution in [-0.2, 0) is 16.6 Å². The SMILES string of the molecule is Cc1ccc(-c2noc(CNC(=O)c3ccc(NS(C)(=O)=O)cc3)n2)cc1. The van der Waals surface area contributed by atoms with Crippen molar-refractivity contribution < 1.29 is 17.7 Å². The van der Waals surface area contributed by atoms with Gasteiger partial charge in [-0.15, -0.1) is 0 Å². The monoisotopic (exact) mass is 386 g/mol. The smallest absolute Gasteiger partial charge is 0.251 e. The van der Waals surface area contributed by atoms with E-state index < -0.39 is 10.0 Å². The summed E-state index contributed by atoms with van der Waals surface area (Å²) in [7, 11) is -3.36. The van der Waals surface area contributed by atoms with E-state index in [0.717, 1.165) is 17.4 Å². The lowest BCUT2D eigenvalue weighted by molar-refractivity contribution is 0.0946. The molecule has 0 saturated carbocycles. The van der Waals surface area contributed by atoms with Crippen LogP contribution in [-0.4, -0.2) is 30.7 Å². The van der Waals surface area contributed by atoms with Gasteiger partial charge in [-0.25, -0.2) is 8.42 Å². The summed E-state index contributed by atoms with van der Waals surface area (Å²) in [6.07, 6.45) is 1.06. The fourth-order valence-corrected chi connectivity index (χ4v) is 2.87. The lowest BCUT2D eigenvalue weighted by atomic mass is 10.1. The maximum atomic E-state index is 12.2. The number of amides is 1. The van der Waals surface area contributed by atoms with Crippen LogP contribution in [0.3, 0.4) is 0 Å². The van der Waals surface area contributed by atoms with Crippen LogP contribution < -0.4 is 10.0 Å². The normalized spacial score (nSPS) is 11.2. The first-order valence-corrected chi connectivity index (χ1v) is 9.95. The fourth-order valence-electron chi connectivity index (χ4n) is 2.31. The van der Waals surface area contributed by atoms with Gasteiger partial charge in [-0.1, -0.05) is 35.0 Å². The molecule has 0 unspecified atom stereocenters. The molecule has 0 aliphatic carbocycles. The van der Waals surface area contributed by atoms with E-state index in [1.165, 1.54) is 24.3 Å². The van der Waals surface area contributed by atoms with E-state index in [1.807, 2.05) is 31.2 Å². The van der Waals surface area contributed by atoms with Crippen molar-refractivity contribution in [3.05, 3.63) is 65.5 Å². The molecule has 27 heavy (non-hydrogen) atoms. The number of nitrogens with zero attached hydrogens (tertiary/aromatic N) is 2. The number of anilines is 1. The summed E-state index contributed by atoms with van der Waals surface area (Å²) in [4.78, 5) is 16.5. The van der Waals surface area contributed by atoms with Crippen molar-refractivity contribution in [2.45, 2.75) is 13.5 Å². The number of aromatic nitrogens is 2. The highest BCUT2D eigenvalue weighted by Crippen LogP contribution is 2.16. The van der Waals surface area contributed by atoms with Crippen LogP contribution in [0.1, 0.15) is 21.8 Å². The molecule has 3 rings (SSSR count). The third-order valence-electron chi connectivity index (χ3n) is 3.63. The first-order valence-electron chi connectivity index (χ1n) is 8.06. The molecule has 8 nitrogen and oxygen atoms in total. The van der Waals surface area contributed by atoms with Crippen molar-refractivity contribution in [3.8, 4) is 11.4 Å². The number of benzene rings is 2. The Morgan fingerprint density at radius 1 is 1.07 bits per heavy atom. The summed E-state index contributed by atoms with van der Waals surface area (Å²) in [5, 5.41) is 6.59. The predicted molar refractivity (Wildman–Crippen MR) is 101 cm³/mol. The molecule has 3 aromatic rings. The van der Waals surface area contributed by atoms with Crippen LogP contribution in [0.4, 0.5) is 5.69 Å². The first-order chi connectivity index (χ1) is 12.8. The van der Waals surface area contributed by atoms with Gasteiger partial charge in [0.15, 0.2) is 0 Å². The van der Waals surface area contributed by atoms with E-state index in [9.17, 15) is 13.2 Å². The van der Waals surface area contributed by atoms with E-state index in [-0.39, 0.29) is 18.3 Å². The number of aryl methyl sites for hydroxylation is 1. The number of sulfonamides is 1.